The predicted octanol–water partition coefficient (Wildman–Crippen LogP) is 7.70. The van der Waals surface area contributed by atoms with E-state index >= 15 is 0 Å². The fourth-order valence-corrected chi connectivity index (χ4v) is 11.1. The molecule has 0 bridgehead atoms. The Labute approximate surface area is 258 Å². The first-order valence-electron chi connectivity index (χ1n) is 14.2. The highest BCUT2D eigenvalue weighted by Crippen LogP contribution is 2.46. The Hall–Kier alpha value is -3.73. The van der Waals surface area contributed by atoms with Crippen molar-refractivity contribution in [2.24, 2.45) is 4.99 Å². The third-order valence-electron chi connectivity index (χ3n) is 8.36. The lowest BCUT2D eigenvalue weighted by molar-refractivity contribution is 0.617. The first kappa shape index (κ1) is 27.4. The molecule has 4 aromatic carbocycles. The van der Waals surface area contributed by atoms with E-state index in [4.69, 9.17) is 0 Å². The Morgan fingerprint density at radius 2 is 1.61 bits per heavy atom. The lowest BCUT2D eigenvalue weighted by atomic mass is 9.91. The number of aliphatic imine (C=N–C) groups is 1. The maximum Gasteiger partial charge on any atom is 0.136 e. The van der Waals surface area contributed by atoms with Gasteiger partial charge in [-0.25, -0.2) is 0 Å². The first-order chi connectivity index (χ1) is 20.2. The van der Waals surface area contributed by atoms with Crippen LogP contribution in [-0.2, 0) is 0 Å². The molecule has 2 aliphatic rings. The molecule has 4 aromatic rings. The Morgan fingerprint density at radius 1 is 0.927 bits per heavy atom. The Kier molecular flexibility index (Phi) is 8.31. The van der Waals surface area contributed by atoms with Gasteiger partial charge in [0.15, 0.2) is 0 Å². The van der Waals surface area contributed by atoms with Crippen molar-refractivity contribution < 1.29 is 0 Å². The van der Waals surface area contributed by atoms with E-state index in [1.807, 2.05) is 6.08 Å². The van der Waals surface area contributed by atoms with Crippen molar-refractivity contribution in [3.8, 4) is 17.2 Å². The summed E-state index contributed by atoms with van der Waals surface area (Å²) in [5.74, 6) is 0. The first-order valence-corrected chi connectivity index (χ1v) is 17.5. The highest BCUT2D eigenvalue weighted by Gasteiger charge is 2.43. The van der Waals surface area contributed by atoms with Gasteiger partial charge in [-0.05, 0) is 65.4 Å². The van der Waals surface area contributed by atoms with Crippen molar-refractivity contribution in [2.45, 2.75) is 31.3 Å². The second kappa shape index (κ2) is 12.4. The van der Waals surface area contributed by atoms with Gasteiger partial charge in [0.1, 0.15) is 20.6 Å². The second-order valence-corrected chi connectivity index (χ2v) is 14.4. The van der Waals surface area contributed by atoms with E-state index in [0.29, 0.717) is 21.8 Å². The predicted molar refractivity (Wildman–Crippen MR) is 185 cm³/mol. The van der Waals surface area contributed by atoms with Crippen LogP contribution in [0.1, 0.15) is 25.3 Å². The largest absolute Gasteiger partial charge is 0.334 e. The van der Waals surface area contributed by atoms with Crippen molar-refractivity contribution in [1.82, 2.24) is 0 Å². The minimum Gasteiger partial charge on any atom is -0.334 e. The molecule has 0 radical (unpaired) electrons. The maximum atomic E-state index is 9.62. The molecule has 6 rings (SSSR count). The number of benzene rings is 4. The second-order valence-electron chi connectivity index (χ2n) is 10.6. The molecule has 1 aliphatic heterocycles. The zero-order chi connectivity index (χ0) is 28.2. The highest BCUT2D eigenvalue weighted by molar-refractivity contribution is 14.1. The summed E-state index contributed by atoms with van der Waals surface area (Å²) in [4.78, 5) is 6.97. The molecule has 0 saturated heterocycles. The molecule has 5 heteroatoms. The summed E-state index contributed by atoms with van der Waals surface area (Å²) in [7, 11) is -1.47. The van der Waals surface area contributed by atoms with E-state index in [9.17, 15) is 5.26 Å². The maximum absolute atomic E-state index is 9.62. The van der Waals surface area contributed by atoms with Crippen LogP contribution in [0, 0.1) is 11.3 Å². The summed E-state index contributed by atoms with van der Waals surface area (Å²) >= 11 is 2.18. The summed E-state index contributed by atoms with van der Waals surface area (Å²) < 4.78 is 0.562. The Balaban J connectivity index is 1.54. The average molecular weight is 662 g/mol. The van der Waals surface area contributed by atoms with Crippen LogP contribution in [0.2, 0.25) is 5.54 Å². The third kappa shape index (κ3) is 5.34. The molecule has 0 aromatic heterocycles. The molecule has 1 aliphatic carbocycles. The van der Waals surface area contributed by atoms with Gasteiger partial charge in [0, 0.05) is 16.9 Å². The smallest absolute Gasteiger partial charge is 0.136 e. The van der Waals surface area contributed by atoms with Crippen LogP contribution >= 0.6 is 22.6 Å². The number of nitrogens with zero attached hydrogens (tertiary/aromatic N) is 3. The van der Waals surface area contributed by atoms with E-state index in [0.717, 1.165) is 17.6 Å². The zero-order valence-corrected chi connectivity index (χ0v) is 26.4. The van der Waals surface area contributed by atoms with Crippen LogP contribution in [0.4, 0.5) is 11.4 Å². The molecule has 202 valence electrons. The number of halogens is 1. The van der Waals surface area contributed by atoms with Gasteiger partial charge in [0.2, 0.25) is 0 Å². The summed E-state index contributed by atoms with van der Waals surface area (Å²) in [6.07, 6.45) is 9.12. The molecule has 0 spiro atoms. The lowest BCUT2D eigenvalue weighted by Crippen LogP contribution is -2.58. The van der Waals surface area contributed by atoms with Gasteiger partial charge in [-0.1, -0.05) is 131 Å². The molecule has 0 amide bonds. The van der Waals surface area contributed by atoms with Gasteiger partial charge in [-0.15, -0.1) is 0 Å². The zero-order valence-electron chi connectivity index (χ0n) is 23.1. The fourth-order valence-electron chi connectivity index (χ4n) is 6.65. The van der Waals surface area contributed by atoms with Crippen molar-refractivity contribution in [2.75, 3.05) is 9.45 Å². The molecule has 41 heavy (non-hydrogen) atoms. The van der Waals surface area contributed by atoms with Crippen molar-refractivity contribution in [1.29, 1.82) is 5.26 Å². The van der Waals surface area contributed by atoms with Crippen molar-refractivity contribution in [3.05, 3.63) is 127 Å². The standard InChI is InChI=1S/C36H32IN3Si/c1-26(23-27(24-38)39-25-37)29-15-5-6-16-30(29)31-17-7-8-18-32(31)40-33-19-9-11-21-35(33)41(28-13-3-2-4-14-28)36-22-12-10-20-34(36)40/h2-11,13-21,23,34,36,41H,12,22,25H2,1H3/b26-23+,39-27+. The molecular formula is C36H32IN3Si. The van der Waals surface area contributed by atoms with Crippen LogP contribution in [0.5, 0.6) is 0 Å². The molecule has 1 heterocycles. The van der Waals surface area contributed by atoms with Crippen LogP contribution in [0.3, 0.4) is 0 Å². The fraction of sp³-hybridized carbons (Fsp3) is 0.167. The van der Waals surface area contributed by atoms with Crippen molar-refractivity contribution >= 4 is 64.4 Å². The summed E-state index contributed by atoms with van der Waals surface area (Å²) in [5.41, 5.74) is 8.14. The van der Waals surface area contributed by atoms with Gasteiger partial charge in [0.25, 0.3) is 0 Å². The van der Waals surface area contributed by atoms with E-state index in [-0.39, 0.29) is 0 Å². The highest BCUT2D eigenvalue weighted by atomic mass is 127. The number of fused-ring (bicyclic) bond motifs is 2. The number of alkyl halides is 1. The normalized spacial score (nSPS) is 20.2. The molecule has 0 fully saturated rings. The topological polar surface area (TPSA) is 39.4 Å². The summed E-state index contributed by atoms with van der Waals surface area (Å²) in [6, 6.07) is 40.3. The van der Waals surface area contributed by atoms with Gasteiger partial charge < -0.3 is 4.90 Å². The van der Waals surface area contributed by atoms with Crippen LogP contribution in [0.15, 0.2) is 126 Å². The Morgan fingerprint density at radius 3 is 2.39 bits per heavy atom. The minimum absolute atomic E-state index is 0.307. The Bertz CT molecular complexity index is 1680. The van der Waals surface area contributed by atoms with Gasteiger partial charge in [0.05, 0.1) is 10.6 Å². The van der Waals surface area contributed by atoms with Crippen LogP contribution in [0.25, 0.3) is 16.7 Å². The number of hydrogen-bond acceptors (Lipinski definition) is 3. The van der Waals surface area contributed by atoms with Gasteiger partial charge in [-0.3, -0.25) is 4.99 Å². The van der Waals surface area contributed by atoms with Crippen LogP contribution in [-0.4, -0.2) is 25.1 Å². The molecule has 3 nitrogen and oxygen atoms in total. The van der Waals surface area contributed by atoms with Gasteiger partial charge in [-0.2, -0.15) is 5.26 Å². The minimum atomic E-state index is -1.47. The number of rotatable bonds is 6. The molecular weight excluding hydrogens is 629 g/mol. The number of hydrogen-bond donors (Lipinski definition) is 0. The quantitative estimate of drug-likeness (QED) is 0.0531. The average Bonchev–Trinajstić information content (AvgIpc) is 3.03. The molecule has 3 atom stereocenters. The summed E-state index contributed by atoms with van der Waals surface area (Å²) in [5, 5.41) is 12.7. The van der Waals surface area contributed by atoms with Crippen molar-refractivity contribution in [3.63, 3.8) is 0 Å². The molecule has 0 N–H and O–H groups in total. The number of nitriles is 1. The van der Waals surface area contributed by atoms with E-state index in [1.54, 1.807) is 0 Å². The van der Waals surface area contributed by atoms with E-state index in [2.05, 4.69) is 161 Å². The lowest BCUT2D eigenvalue weighted by Gasteiger charge is -2.48. The summed E-state index contributed by atoms with van der Waals surface area (Å²) in [6.45, 7) is 2.08. The number of anilines is 2. The van der Waals surface area contributed by atoms with E-state index < -0.39 is 8.80 Å². The SMILES string of the molecule is C/C(=C\C(C#N)=N/CI)c1ccccc1-c1ccccc1N1c2ccccc2[SiH](c2ccccc2)C2CCC=CC21. The molecule has 0 saturated carbocycles. The van der Waals surface area contributed by atoms with E-state index in [1.165, 1.54) is 39.3 Å². The molecule has 3 unspecified atom stereocenters. The number of allylic oxidation sites excluding steroid dienone is 3. The van der Waals surface area contributed by atoms with Crippen LogP contribution < -0.4 is 15.3 Å². The number of para-hydroxylation sites is 2. The third-order valence-corrected chi connectivity index (χ3v) is 12.5. The van der Waals surface area contributed by atoms with Gasteiger partial charge >= 0.3 is 0 Å². The monoisotopic (exact) mass is 661 g/mol.